The van der Waals surface area contributed by atoms with Gasteiger partial charge in [-0.25, -0.2) is 9.13 Å². The third kappa shape index (κ3) is 14.9. The first-order chi connectivity index (χ1) is 19.4. The topological polar surface area (TPSA) is 281 Å². The minimum atomic E-state index is -4.89. The standard InChI is InChI=1S/C22H32N4O14P2.Gd.Mn/c1-13-21(31)17(15(5-23-13)11-39-41(33,34)35)7-25(9-19(27)28)3-4-26(10-20(29)30)8-18-16(12-40-42(36,37)38)6-24-14(2)22(18)32;;/h5-6,31-32H,3-4,7-12H2,1-2H3,(H,27,28)(H,29,30)(H2,33,34,35)(H2,36,37,38);;. The molecule has 2 aromatic heterocycles. The van der Waals surface area contributed by atoms with Crippen LogP contribution in [-0.4, -0.2) is 97.9 Å². The molecule has 0 bridgehead atoms. The number of rotatable bonds is 17. The van der Waals surface area contributed by atoms with Crippen LogP contribution in [0.25, 0.3) is 0 Å². The minimum Gasteiger partial charge on any atom is -0.506 e. The van der Waals surface area contributed by atoms with Gasteiger partial charge in [-0.15, -0.1) is 0 Å². The molecule has 22 heteroatoms. The van der Waals surface area contributed by atoms with Gasteiger partial charge in [-0.3, -0.25) is 38.4 Å². The van der Waals surface area contributed by atoms with E-state index in [0.717, 1.165) is 0 Å². The molecule has 0 saturated carbocycles. The smallest absolute Gasteiger partial charge is 0.469 e. The predicted octanol–water partition coefficient (Wildman–Crippen LogP) is 0.194. The van der Waals surface area contributed by atoms with Crippen LogP contribution in [0, 0.1) is 53.8 Å². The summed E-state index contributed by atoms with van der Waals surface area (Å²) in [6, 6.07) is 0. The van der Waals surface area contributed by atoms with E-state index in [1.54, 1.807) is 0 Å². The quantitative estimate of drug-likeness (QED) is 0.0779. The molecule has 18 nitrogen and oxygen atoms in total. The van der Waals surface area contributed by atoms with Crippen LogP contribution in [0.1, 0.15) is 33.6 Å². The first kappa shape index (κ1) is 42.8. The van der Waals surface area contributed by atoms with E-state index < -0.39 is 53.9 Å². The molecule has 0 aliphatic heterocycles. The van der Waals surface area contributed by atoms with Crippen LogP contribution < -0.4 is 0 Å². The van der Waals surface area contributed by atoms with Crippen LogP contribution >= 0.6 is 15.6 Å². The van der Waals surface area contributed by atoms with Crippen molar-refractivity contribution in [2.45, 2.75) is 40.2 Å². The van der Waals surface area contributed by atoms with Gasteiger partial charge in [0.2, 0.25) is 0 Å². The van der Waals surface area contributed by atoms with Crippen LogP contribution in [0.5, 0.6) is 11.5 Å². The number of aliphatic carboxylic acids is 2. The Bertz CT molecular complexity index is 1290. The van der Waals surface area contributed by atoms with E-state index in [4.69, 9.17) is 19.6 Å². The maximum absolute atomic E-state index is 11.6. The number of aryl methyl sites for hydroxylation is 2. The van der Waals surface area contributed by atoms with E-state index in [1.165, 1.54) is 36.0 Å². The predicted molar refractivity (Wildman–Crippen MR) is 141 cm³/mol. The Labute approximate surface area is 294 Å². The first-order valence-electron chi connectivity index (χ1n) is 12.0. The number of pyridine rings is 2. The van der Waals surface area contributed by atoms with E-state index in [-0.39, 0.29) is 128 Å². The summed E-state index contributed by atoms with van der Waals surface area (Å²) in [7, 11) is -9.78. The number of phosphoric ester groups is 2. The molecular weight excluding hydrogens is 818 g/mol. The average molecular weight is 851 g/mol. The van der Waals surface area contributed by atoms with E-state index in [9.17, 15) is 39.1 Å². The maximum Gasteiger partial charge on any atom is 0.469 e. The van der Waals surface area contributed by atoms with Crippen LogP contribution in [0.3, 0.4) is 0 Å². The van der Waals surface area contributed by atoms with Crippen molar-refractivity contribution in [1.29, 1.82) is 0 Å². The monoisotopic (exact) mass is 851 g/mol. The van der Waals surface area contributed by atoms with E-state index in [2.05, 4.69) is 19.0 Å². The van der Waals surface area contributed by atoms with E-state index in [0.29, 0.717) is 0 Å². The molecule has 0 aliphatic rings. The summed E-state index contributed by atoms with van der Waals surface area (Å²) >= 11 is 0. The van der Waals surface area contributed by atoms with Crippen molar-refractivity contribution in [3.8, 4) is 11.5 Å². The largest absolute Gasteiger partial charge is 0.506 e. The third-order valence-corrected chi connectivity index (χ3v) is 6.78. The van der Waals surface area contributed by atoms with Crippen LogP contribution in [0.2, 0.25) is 0 Å². The molecule has 1 radical (unpaired) electrons. The van der Waals surface area contributed by atoms with Crippen molar-refractivity contribution in [2.75, 3.05) is 26.2 Å². The van der Waals surface area contributed by atoms with E-state index in [1.807, 2.05) is 0 Å². The molecule has 0 aliphatic carbocycles. The molecule has 2 aromatic rings. The number of carboxylic acids is 2. The number of aromatic nitrogens is 2. The van der Waals surface area contributed by atoms with Crippen molar-refractivity contribution in [1.82, 2.24) is 19.8 Å². The Hall–Kier alpha value is -1.18. The zero-order valence-electron chi connectivity index (χ0n) is 23.3. The molecule has 0 spiro atoms. The molecule has 0 saturated heterocycles. The fourth-order valence-corrected chi connectivity index (χ4v) is 4.43. The summed E-state index contributed by atoms with van der Waals surface area (Å²) in [6.07, 6.45) is 2.43. The number of aromatic hydroxyl groups is 2. The summed E-state index contributed by atoms with van der Waals surface area (Å²) in [5, 5.41) is 40.1. The van der Waals surface area contributed by atoms with Gasteiger partial charge < -0.3 is 40.0 Å². The molecule has 2 rings (SSSR count). The second-order valence-electron chi connectivity index (χ2n) is 9.13. The molecule has 0 unspecified atom stereocenters. The second kappa shape index (κ2) is 18.8. The van der Waals surface area contributed by atoms with Crippen molar-refractivity contribution in [2.24, 2.45) is 0 Å². The fraction of sp³-hybridized carbons (Fsp3) is 0.455. The molecule has 0 aromatic carbocycles. The second-order valence-corrected chi connectivity index (χ2v) is 11.6. The zero-order valence-corrected chi connectivity index (χ0v) is 28.5. The van der Waals surface area contributed by atoms with Crippen molar-refractivity contribution in [3.63, 3.8) is 0 Å². The number of phosphoric acid groups is 2. The fourth-order valence-electron chi connectivity index (χ4n) is 3.82. The number of hydrogen-bond donors (Lipinski definition) is 8. The molecular formula is C22H32GdMnN4O14P2. The third-order valence-electron chi connectivity index (χ3n) is 5.85. The van der Waals surface area contributed by atoms with Crippen molar-refractivity contribution >= 4 is 27.6 Å². The Morgan fingerprint density at radius 3 is 1.34 bits per heavy atom. The SMILES string of the molecule is Cc1ncc(COP(=O)(O)O)c(CN(CCN(CC(=O)O)Cc2c(COP(=O)(O)O)cnc(C)c2O)CC(=O)O)c1O.[Gd].[Mn]. The van der Waals surface area contributed by atoms with Gasteiger partial charge in [0.1, 0.15) is 11.5 Å². The molecule has 0 atom stereocenters. The van der Waals surface area contributed by atoms with Gasteiger partial charge in [-0.1, -0.05) is 0 Å². The van der Waals surface area contributed by atoms with Gasteiger partial charge in [-0.2, -0.15) is 0 Å². The Kier molecular flexibility index (Phi) is 18.3. The van der Waals surface area contributed by atoms with Crippen molar-refractivity contribution < 1.29 is 125 Å². The Morgan fingerprint density at radius 2 is 1.07 bits per heavy atom. The van der Waals surface area contributed by atoms with Gasteiger partial charge in [0.05, 0.1) is 37.7 Å². The molecule has 2 heterocycles. The molecule has 249 valence electrons. The number of carboxylic acid groups (broad SMARTS) is 2. The molecule has 8 N–H and O–H groups in total. The van der Waals surface area contributed by atoms with Crippen LogP contribution in [0.4, 0.5) is 0 Å². The summed E-state index contributed by atoms with van der Waals surface area (Å²) in [4.78, 5) is 70.0. The van der Waals surface area contributed by atoms with Gasteiger partial charge in [0.15, 0.2) is 0 Å². The summed E-state index contributed by atoms with van der Waals surface area (Å²) in [5.74, 6) is -3.24. The average Bonchev–Trinajstić information content (AvgIpc) is 2.85. The maximum atomic E-state index is 11.6. The van der Waals surface area contributed by atoms with Crippen LogP contribution in [-0.2, 0) is 71.1 Å². The van der Waals surface area contributed by atoms with Gasteiger partial charge in [0.25, 0.3) is 0 Å². The van der Waals surface area contributed by atoms with Gasteiger partial charge in [-0.05, 0) is 13.8 Å². The molecule has 0 amide bonds. The zero-order chi connectivity index (χ0) is 31.8. The number of hydrogen-bond acceptors (Lipinski definition) is 12. The molecule has 44 heavy (non-hydrogen) atoms. The first-order valence-corrected chi connectivity index (χ1v) is 15.0. The van der Waals surface area contributed by atoms with Crippen molar-refractivity contribution in [3.05, 3.63) is 46.0 Å². The number of carbonyl (C=O) groups is 2. The minimum absolute atomic E-state index is 0. The van der Waals surface area contributed by atoms with E-state index >= 15 is 0 Å². The van der Waals surface area contributed by atoms with Crippen LogP contribution in [0.15, 0.2) is 12.4 Å². The summed E-state index contributed by atoms with van der Waals surface area (Å²) in [6.45, 7) is -0.287. The Balaban J connectivity index is 0.00000924. The Morgan fingerprint density at radius 1 is 0.750 bits per heavy atom. The normalized spacial score (nSPS) is 11.7. The van der Waals surface area contributed by atoms with Gasteiger partial charge >= 0.3 is 27.6 Å². The summed E-state index contributed by atoms with van der Waals surface area (Å²) < 4.78 is 31.4. The number of nitrogens with zero attached hydrogens (tertiary/aromatic N) is 4. The van der Waals surface area contributed by atoms with Gasteiger partial charge in [0, 0.05) is 118 Å². The summed E-state index contributed by atoms with van der Waals surface area (Å²) in [5.41, 5.74) is 0.627. The molecule has 0 fully saturated rings.